The van der Waals surface area contributed by atoms with Gasteiger partial charge >= 0.3 is 0 Å². The van der Waals surface area contributed by atoms with Crippen molar-refractivity contribution < 1.29 is 4.74 Å². The second-order valence-corrected chi connectivity index (χ2v) is 5.32. The van der Waals surface area contributed by atoms with E-state index in [9.17, 15) is 0 Å². The molecule has 0 heterocycles. The Hall–Kier alpha value is -0.380. The summed E-state index contributed by atoms with van der Waals surface area (Å²) in [5, 5.41) is 0. The first-order chi connectivity index (χ1) is 8.20. The third kappa shape index (κ3) is 4.41. The Labute approximate surface area is 106 Å². The molecule has 2 atom stereocenters. The van der Waals surface area contributed by atoms with Gasteiger partial charge in [0.1, 0.15) is 0 Å². The minimum atomic E-state index is 0.158. The van der Waals surface area contributed by atoms with Gasteiger partial charge in [-0.05, 0) is 31.6 Å². The number of nitrogens with one attached hydrogen (secondary N) is 1. The first kappa shape index (κ1) is 14.7. The molecule has 3 N–H and O–H groups in total. The predicted molar refractivity (Wildman–Crippen MR) is 72.5 cm³/mol. The molecule has 1 aliphatic carbocycles. The normalized spacial score (nSPS) is 21.6. The summed E-state index contributed by atoms with van der Waals surface area (Å²) in [6.07, 6.45) is 10.2. The maximum atomic E-state index is 5.74. The lowest BCUT2D eigenvalue weighted by Gasteiger charge is -2.31. The summed E-state index contributed by atoms with van der Waals surface area (Å²) >= 11 is 0. The number of hydrogen-bond acceptors (Lipinski definition) is 3. The molecule has 0 bridgehead atoms. The Kier molecular flexibility index (Phi) is 6.78. The molecule has 17 heavy (non-hydrogen) atoms. The van der Waals surface area contributed by atoms with Gasteiger partial charge < -0.3 is 4.74 Å². The lowest BCUT2D eigenvalue weighted by molar-refractivity contribution is 0.0419. The van der Waals surface area contributed by atoms with Crippen LogP contribution in [0.2, 0.25) is 0 Å². The number of nitrogens with two attached hydrogens (primary N) is 1. The average Bonchev–Trinajstić information content (AvgIpc) is 2.25. The average molecular weight is 240 g/mol. The molecule has 2 unspecified atom stereocenters. The van der Waals surface area contributed by atoms with E-state index < -0.39 is 0 Å². The quantitative estimate of drug-likeness (QED) is 0.441. The molecule has 0 spiro atoms. The molecule has 0 amide bonds. The highest BCUT2D eigenvalue weighted by Gasteiger charge is 2.26. The highest BCUT2D eigenvalue weighted by Crippen LogP contribution is 2.24. The molecular formula is C14H28N2O. The molecule has 1 aliphatic rings. The highest BCUT2D eigenvalue weighted by molar-refractivity contribution is 5.14. The molecule has 0 aromatic heterocycles. The van der Waals surface area contributed by atoms with Crippen LogP contribution in [0, 0.1) is 5.92 Å². The minimum absolute atomic E-state index is 0.158. The van der Waals surface area contributed by atoms with Crippen molar-refractivity contribution in [3.63, 3.8) is 0 Å². The molecule has 0 radical (unpaired) electrons. The number of ether oxygens (including phenoxy) is 1. The van der Waals surface area contributed by atoms with Gasteiger partial charge in [0.05, 0.1) is 12.1 Å². The molecule has 0 aliphatic heterocycles. The van der Waals surface area contributed by atoms with Gasteiger partial charge in [-0.2, -0.15) is 0 Å². The smallest absolute Gasteiger partial charge is 0.0798 e. The van der Waals surface area contributed by atoms with E-state index in [0.29, 0.717) is 5.92 Å². The van der Waals surface area contributed by atoms with Gasteiger partial charge in [-0.1, -0.05) is 38.3 Å². The second kappa shape index (κ2) is 7.85. The Morgan fingerprint density at radius 3 is 2.53 bits per heavy atom. The molecule has 0 aromatic rings. The zero-order valence-corrected chi connectivity index (χ0v) is 11.5. The highest BCUT2D eigenvalue weighted by atomic mass is 16.5. The van der Waals surface area contributed by atoms with Crippen LogP contribution in [-0.2, 0) is 4.74 Å². The van der Waals surface area contributed by atoms with Crippen LogP contribution in [0.4, 0.5) is 0 Å². The topological polar surface area (TPSA) is 47.3 Å². The Morgan fingerprint density at radius 2 is 1.94 bits per heavy atom. The van der Waals surface area contributed by atoms with Crippen molar-refractivity contribution in [2.75, 3.05) is 7.11 Å². The minimum Gasteiger partial charge on any atom is -0.379 e. The van der Waals surface area contributed by atoms with Crippen LogP contribution in [0.1, 0.15) is 52.4 Å². The fourth-order valence-corrected chi connectivity index (χ4v) is 2.71. The maximum absolute atomic E-state index is 5.74. The number of hydrazine groups is 1. The van der Waals surface area contributed by atoms with Gasteiger partial charge in [-0.15, -0.1) is 0 Å². The van der Waals surface area contributed by atoms with E-state index in [1.807, 2.05) is 0 Å². The van der Waals surface area contributed by atoms with E-state index in [1.165, 1.54) is 37.7 Å². The Balaban J connectivity index is 2.75. The monoisotopic (exact) mass is 240 g/mol. The molecule has 0 fully saturated rings. The van der Waals surface area contributed by atoms with Crippen LogP contribution in [0.15, 0.2) is 11.6 Å². The van der Waals surface area contributed by atoms with Crippen molar-refractivity contribution in [3.8, 4) is 0 Å². The SMILES string of the molecule is COC(C(C)C)C(NN)C1=CCCCCCC1. The molecule has 100 valence electrons. The maximum Gasteiger partial charge on any atom is 0.0798 e. The summed E-state index contributed by atoms with van der Waals surface area (Å²) < 4.78 is 5.61. The van der Waals surface area contributed by atoms with Crippen molar-refractivity contribution in [2.24, 2.45) is 11.8 Å². The molecular weight excluding hydrogens is 212 g/mol. The van der Waals surface area contributed by atoms with E-state index in [4.69, 9.17) is 10.6 Å². The lowest BCUT2D eigenvalue weighted by Crippen LogP contribution is -2.48. The molecule has 3 heteroatoms. The first-order valence-corrected chi connectivity index (χ1v) is 6.88. The third-order valence-corrected chi connectivity index (χ3v) is 3.66. The number of methoxy groups -OCH3 is 1. The van der Waals surface area contributed by atoms with E-state index in [0.717, 1.165) is 6.42 Å². The molecule has 1 rings (SSSR count). The van der Waals surface area contributed by atoms with Gasteiger partial charge in [0.2, 0.25) is 0 Å². The fourth-order valence-electron chi connectivity index (χ4n) is 2.71. The Morgan fingerprint density at radius 1 is 1.24 bits per heavy atom. The third-order valence-electron chi connectivity index (χ3n) is 3.66. The number of allylic oxidation sites excluding steroid dienone is 1. The van der Waals surface area contributed by atoms with Crippen LogP contribution >= 0.6 is 0 Å². The second-order valence-electron chi connectivity index (χ2n) is 5.32. The van der Waals surface area contributed by atoms with Gasteiger partial charge in [0.15, 0.2) is 0 Å². The summed E-state index contributed by atoms with van der Waals surface area (Å²) in [4.78, 5) is 0. The van der Waals surface area contributed by atoms with E-state index in [1.54, 1.807) is 7.11 Å². The Bertz CT molecular complexity index is 238. The van der Waals surface area contributed by atoms with Crippen molar-refractivity contribution >= 4 is 0 Å². The van der Waals surface area contributed by atoms with Crippen LogP contribution < -0.4 is 11.3 Å². The van der Waals surface area contributed by atoms with E-state index in [-0.39, 0.29) is 12.1 Å². The molecule has 3 nitrogen and oxygen atoms in total. The van der Waals surface area contributed by atoms with Crippen molar-refractivity contribution in [1.82, 2.24) is 5.43 Å². The summed E-state index contributed by atoms with van der Waals surface area (Å²) in [5.41, 5.74) is 4.40. The molecule has 0 saturated heterocycles. The van der Waals surface area contributed by atoms with Gasteiger partial charge in [-0.25, -0.2) is 0 Å². The van der Waals surface area contributed by atoms with Gasteiger partial charge in [0, 0.05) is 7.11 Å². The lowest BCUT2D eigenvalue weighted by atomic mass is 9.88. The van der Waals surface area contributed by atoms with Crippen LogP contribution in [0.5, 0.6) is 0 Å². The summed E-state index contributed by atoms with van der Waals surface area (Å²) in [6, 6.07) is 0.165. The van der Waals surface area contributed by atoms with Crippen molar-refractivity contribution in [3.05, 3.63) is 11.6 Å². The van der Waals surface area contributed by atoms with Crippen LogP contribution in [0.25, 0.3) is 0 Å². The zero-order chi connectivity index (χ0) is 12.7. The first-order valence-electron chi connectivity index (χ1n) is 6.88. The summed E-state index contributed by atoms with van der Waals surface area (Å²) in [5.74, 6) is 6.20. The van der Waals surface area contributed by atoms with Gasteiger partial charge in [0.25, 0.3) is 0 Å². The molecule has 0 aromatic carbocycles. The summed E-state index contributed by atoms with van der Waals surface area (Å²) in [7, 11) is 1.78. The predicted octanol–water partition coefficient (Wildman–Crippen LogP) is 2.77. The number of rotatable bonds is 5. The molecule has 0 saturated carbocycles. The van der Waals surface area contributed by atoms with Crippen molar-refractivity contribution in [1.29, 1.82) is 0 Å². The van der Waals surface area contributed by atoms with E-state index in [2.05, 4.69) is 25.3 Å². The van der Waals surface area contributed by atoms with Crippen molar-refractivity contribution in [2.45, 2.75) is 64.5 Å². The van der Waals surface area contributed by atoms with Gasteiger partial charge in [-0.3, -0.25) is 11.3 Å². The number of hydrogen-bond donors (Lipinski definition) is 2. The van der Waals surface area contributed by atoms with Crippen LogP contribution in [-0.4, -0.2) is 19.3 Å². The zero-order valence-electron chi connectivity index (χ0n) is 11.5. The van der Waals surface area contributed by atoms with Crippen LogP contribution in [0.3, 0.4) is 0 Å². The standard InChI is InChI=1S/C14H28N2O/c1-11(2)14(17-3)13(16-15)12-9-7-5-4-6-8-10-12/h9,11,13-14,16H,4-8,10,15H2,1-3H3. The fraction of sp³-hybridized carbons (Fsp3) is 0.857. The largest absolute Gasteiger partial charge is 0.379 e. The summed E-state index contributed by atoms with van der Waals surface area (Å²) in [6.45, 7) is 4.37. The van der Waals surface area contributed by atoms with E-state index >= 15 is 0 Å².